The van der Waals surface area contributed by atoms with Gasteiger partial charge in [-0.25, -0.2) is 0 Å². The van der Waals surface area contributed by atoms with Gasteiger partial charge in [-0.15, -0.1) is 10.2 Å². The molecule has 0 aliphatic heterocycles. The molecule has 4 rings (SSSR count). The third kappa shape index (κ3) is 5.01. The minimum atomic E-state index is -0.528. The Morgan fingerprint density at radius 2 is 1.64 bits per heavy atom. The van der Waals surface area contributed by atoms with Gasteiger partial charge in [0.2, 0.25) is 5.75 Å². The highest BCUT2D eigenvalue weighted by Gasteiger charge is 2.22. The van der Waals surface area contributed by atoms with Crippen LogP contribution in [0.15, 0.2) is 71.9 Å². The number of non-ortho nitro benzene ring substituents is 1. The van der Waals surface area contributed by atoms with Crippen LogP contribution in [0.25, 0.3) is 17.1 Å². The number of nitro groups is 1. The number of benzene rings is 3. The monoisotopic (exact) mass is 506 g/mol. The lowest BCUT2D eigenvalue weighted by atomic mass is 10.1. The molecule has 0 radical (unpaired) electrons. The third-order valence-electron chi connectivity index (χ3n) is 5.28. The summed E-state index contributed by atoms with van der Waals surface area (Å²) in [6, 6.07) is 18.7. The van der Waals surface area contributed by atoms with Crippen LogP contribution in [0.1, 0.15) is 10.4 Å². The van der Waals surface area contributed by atoms with Crippen LogP contribution in [0.5, 0.6) is 17.2 Å². The van der Waals surface area contributed by atoms with E-state index in [0.29, 0.717) is 33.8 Å². The summed E-state index contributed by atoms with van der Waals surface area (Å²) in [6.07, 6.45) is 0. The number of methoxy groups -OCH3 is 3. The molecule has 0 fully saturated rings. The molecule has 10 nitrogen and oxygen atoms in total. The Bertz CT molecular complexity index is 1380. The molecule has 0 spiro atoms. The molecule has 0 atom stereocenters. The fraction of sp³-hybridized carbons (Fsp3) is 0.160. The van der Waals surface area contributed by atoms with Crippen molar-refractivity contribution in [1.29, 1.82) is 0 Å². The minimum Gasteiger partial charge on any atom is -0.493 e. The molecule has 0 aliphatic rings. The third-order valence-corrected chi connectivity index (χ3v) is 6.21. The topological polar surface area (TPSA) is 119 Å². The average molecular weight is 507 g/mol. The Morgan fingerprint density at radius 1 is 0.944 bits per heavy atom. The maximum atomic E-state index is 12.8. The summed E-state index contributed by atoms with van der Waals surface area (Å²) in [5, 5.41) is 20.3. The van der Waals surface area contributed by atoms with Crippen LogP contribution in [0.4, 0.5) is 5.69 Å². The van der Waals surface area contributed by atoms with Crippen LogP contribution in [0.2, 0.25) is 0 Å². The molecule has 3 aromatic carbocycles. The van der Waals surface area contributed by atoms with E-state index in [1.165, 1.54) is 51.3 Å². The van der Waals surface area contributed by atoms with Gasteiger partial charge in [-0.1, -0.05) is 42.1 Å². The molecule has 0 aliphatic carbocycles. The molecular weight excluding hydrogens is 484 g/mol. The summed E-state index contributed by atoms with van der Waals surface area (Å²) in [4.78, 5) is 23.3. The van der Waals surface area contributed by atoms with Crippen molar-refractivity contribution in [2.75, 3.05) is 27.1 Å². The largest absolute Gasteiger partial charge is 0.493 e. The molecule has 11 heteroatoms. The first-order valence-electron chi connectivity index (χ1n) is 10.7. The van der Waals surface area contributed by atoms with E-state index in [-0.39, 0.29) is 22.8 Å². The number of nitro benzene ring substituents is 1. The lowest BCUT2D eigenvalue weighted by Crippen LogP contribution is -2.05. The summed E-state index contributed by atoms with van der Waals surface area (Å²) in [6.45, 7) is 0. The van der Waals surface area contributed by atoms with Crippen LogP contribution in [0, 0.1) is 10.1 Å². The second-order valence-electron chi connectivity index (χ2n) is 7.41. The zero-order valence-corrected chi connectivity index (χ0v) is 20.5. The summed E-state index contributed by atoms with van der Waals surface area (Å²) in [5.41, 5.74) is 1.57. The highest BCUT2D eigenvalue weighted by atomic mass is 32.2. The van der Waals surface area contributed by atoms with Gasteiger partial charge in [0.25, 0.3) is 5.69 Å². The lowest BCUT2D eigenvalue weighted by molar-refractivity contribution is -0.384. The Labute approximate surface area is 211 Å². The highest BCUT2D eigenvalue weighted by molar-refractivity contribution is 7.99. The van der Waals surface area contributed by atoms with Crippen LogP contribution >= 0.6 is 11.8 Å². The van der Waals surface area contributed by atoms with Crippen molar-refractivity contribution in [1.82, 2.24) is 14.8 Å². The number of carbonyl (C=O) groups excluding carboxylic acids is 1. The predicted molar refractivity (Wildman–Crippen MR) is 135 cm³/mol. The number of carbonyl (C=O) groups is 1. The molecule has 0 saturated heterocycles. The van der Waals surface area contributed by atoms with Crippen molar-refractivity contribution in [3.63, 3.8) is 0 Å². The first-order chi connectivity index (χ1) is 17.5. The number of Topliss-reactive ketones (excluding diaryl/α,β-unsaturated/α-hetero) is 1. The number of rotatable bonds is 10. The van der Waals surface area contributed by atoms with Crippen molar-refractivity contribution in [3.05, 3.63) is 82.4 Å². The molecule has 184 valence electrons. The molecule has 36 heavy (non-hydrogen) atoms. The second-order valence-corrected chi connectivity index (χ2v) is 8.35. The molecule has 0 bridgehead atoms. The molecule has 0 saturated carbocycles. The highest BCUT2D eigenvalue weighted by Crippen LogP contribution is 2.41. The van der Waals surface area contributed by atoms with Crippen molar-refractivity contribution in [2.24, 2.45) is 0 Å². The molecule has 4 aromatic rings. The molecule has 1 aromatic heterocycles. The number of para-hydroxylation sites is 1. The van der Waals surface area contributed by atoms with Gasteiger partial charge in [0, 0.05) is 28.9 Å². The van der Waals surface area contributed by atoms with Gasteiger partial charge in [0.05, 0.1) is 32.0 Å². The van der Waals surface area contributed by atoms with Gasteiger partial charge in [0.1, 0.15) is 0 Å². The fourth-order valence-corrected chi connectivity index (χ4v) is 4.42. The maximum absolute atomic E-state index is 12.8. The molecular formula is C25H22N4O6S. The molecule has 0 unspecified atom stereocenters. The van der Waals surface area contributed by atoms with Gasteiger partial charge < -0.3 is 14.2 Å². The second kappa shape index (κ2) is 10.9. The fourth-order valence-electron chi connectivity index (χ4n) is 3.58. The van der Waals surface area contributed by atoms with E-state index in [4.69, 9.17) is 14.2 Å². The number of aromatic nitrogens is 3. The maximum Gasteiger partial charge on any atom is 0.270 e. The first kappa shape index (κ1) is 24.7. The zero-order valence-electron chi connectivity index (χ0n) is 19.7. The van der Waals surface area contributed by atoms with E-state index in [0.717, 1.165) is 5.69 Å². The SMILES string of the molecule is COc1cc(-c2nnc(SCC(=O)c3cccc([N+](=O)[O-])c3)n2-c2ccccc2)cc(OC)c1OC. The number of hydrogen-bond acceptors (Lipinski definition) is 9. The minimum absolute atomic E-state index is 0.0153. The van der Waals surface area contributed by atoms with Crippen molar-refractivity contribution >= 4 is 23.2 Å². The average Bonchev–Trinajstić information content (AvgIpc) is 3.35. The van der Waals surface area contributed by atoms with Gasteiger partial charge in [-0.05, 0) is 24.3 Å². The number of ketones is 1. The Balaban J connectivity index is 1.72. The van der Waals surface area contributed by atoms with Gasteiger partial charge in [-0.2, -0.15) is 0 Å². The van der Waals surface area contributed by atoms with Crippen LogP contribution in [0.3, 0.4) is 0 Å². The van der Waals surface area contributed by atoms with Crippen molar-refractivity contribution < 1.29 is 23.9 Å². The van der Waals surface area contributed by atoms with Gasteiger partial charge in [0.15, 0.2) is 28.3 Å². The summed E-state index contributed by atoms with van der Waals surface area (Å²) in [7, 11) is 4.59. The molecule has 0 amide bonds. The summed E-state index contributed by atoms with van der Waals surface area (Å²) >= 11 is 1.18. The van der Waals surface area contributed by atoms with Crippen molar-refractivity contribution in [2.45, 2.75) is 5.16 Å². The van der Waals surface area contributed by atoms with Gasteiger partial charge >= 0.3 is 0 Å². The number of hydrogen-bond donors (Lipinski definition) is 0. The number of nitrogens with zero attached hydrogens (tertiary/aromatic N) is 4. The normalized spacial score (nSPS) is 10.6. The lowest BCUT2D eigenvalue weighted by Gasteiger charge is -2.15. The van der Waals surface area contributed by atoms with E-state index >= 15 is 0 Å². The van der Waals surface area contributed by atoms with Crippen LogP contribution in [-0.4, -0.2) is 52.6 Å². The van der Waals surface area contributed by atoms with E-state index < -0.39 is 4.92 Å². The summed E-state index contributed by atoms with van der Waals surface area (Å²) < 4.78 is 18.2. The Morgan fingerprint density at radius 3 is 2.25 bits per heavy atom. The Kier molecular flexibility index (Phi) is 7.50. The van der Waals surface area contributed by atoms with Gasteiger partial charge in [-0.3, -0.25) is 19.5 Å². The zero-order chi connectivity index (χ0) is 25.7. The standard InChI is InChI=1S/C25H22N4O6S/c1-33-21-13-17(14-22(34-2)23(21)35-3)24-26-27-25(28(24)18-9-5-4-6-10-18)36-15-20(30)16-8-7-11-19(12-16)29(31)32/h4-14H,15H2,1-3H3. The quantitative estimate of drug-likeness (QED) is 0.129. The molecule has 0 N–H and O–H groups in total. The van der Waals surface area contributed by atoms with Crippen LogP contribution < -0.4 is 14.2 Å². The van der Waals surface area contributed by atoms with E-state index in [9.17, 15) is 14.9 Å². The summed E-state index contributed by atoms with van der Waals surface area (Å²) in [5.74, 6) is 1.63. The smallest absolute Gasteiger partial charge is 0.270 e. The van der Waals surface area contributed by atoms with Crippen LogP contribution in [-0.2, 0) is 0 Å². The Hall–Kier alpha value is -4.38. The number of ether oxygens (including phenoxy) is 3. The van der Waals surface area contributed by atoms with E-state index in [1.807, 2.05) is 34.9 Å². The van der Waals surface area contributed by atoms with E-state index in [1.54, 1.807) is 18.2 Å². The number of thioether (sulfide) groups is 1. The van der Waals surface area contributed by atoms with Crippen molar-refractivity contribution in [3.8, 4) is 34.3 Å². The van der Waals surface area contributed by atoms with E-state index in [2.05, 4.69) is 10.2 Å². The predicted octanol–water partition coefficient (Wildman–Crippen LogP) is 4.84. The molecule has 1 heterocycles. The first-order valence-corrected chi connectivity index (χ1v) is 11.7.